The van der Waals surface area contributed by atoms with Gasteiger partial charge in [-0.3, -0.25) is 0 Å². The maximum Gasteiger partial charge on any atom is 0.317 e. The van der Waals surface area contributed by atoms with Gasteiger partial charge < -0.3 is 10.2 Å². The van der Waals surface area contributed by atoms with Crippen molar-refractivity contribution in [3.63, 3.8) is 0 Å². The predicted molar refractivity (Wildman–Crippen MR) is 88.9 cm³/mol. The lowest BCUT2D eigenvalue weighted by atomic mass is 9.69. The molecule has 1 saturated heterocycles. The van der Waals surface area contributed by atoms with Crippen molar-refractivity contribution < 1.29 is 4.79 Å². The van der Waals surface area contributed by atoms with Crippen molar-refractivity contribution in [2.24, 2.45) is 5.41 Å². The minimum atomic E-state index is 0.0449. The second-order valence-electron chi connectivity index (χ2n) is 7.05. The molecule has 1 N–H and O–H groups in total. The number of nitrogens with one attached hydrogen (secondary N) is 1. The molecule has 1 aromatic rings. The molecule has 1 aliphatic heterocycles. The van der Waals surface area contributed by atoms with Gasteiger partial charge in [0.2, 0.25) is 0 Å². The van der Waals surface area contributed by atoms with Crippen LogP contribution in [0.15, 0.2) is 6.33 Å². The maximum atomic E-state index is 12.5. The first-order chi connectivity index (χ1) is 11.2. The molecule has 1 spiro atoms. The molecule has 0 atom stereocenters. The van der Waals surface area contributed by atoms with Crippen LogP contribution >= 0.6 is 0 Å². The summed E-state index contributed by atoms with van der Waals surface area (Å²) in [6.07, 6.45) is 12.0. The number of likely N-dealkylation sites (tertiary alicyclic amines) is 1. The van der Waals surface area contributed by atoms with Crippen LogP contribution in [0.3, 0.4) is 0 Å². The normalized spacial score (nSPS) is 21.2. The van der Waals surface area contributed by atoms with E-state index in [1.165, 1.54) is 44.9 Å². The van der Waals surface area contributed by atoms with Gasteiger partial charge in [-0.2, -0.15) is 5.10 Å². The molecule has 2 heterocycles. The average molecular weight is 319 g/mol. The van der Waals surface area contributed by atoms with E-state index in [1.54, 1.807) is 6.33 Å². The highest BCUT2D eigenvalue weighted by molar-refractivity contribution is 5.74. The van der Waals surface area contributed by atoms with Crippen LogP contribution in [0.4, 0.5) is 4.79 Å². The number of carbonyl (C=O) groups excluding carboxylic acids is 1. The Labute approximate surface area is 138 Å². The molecule has 6 nitrogen and oxygen atoms in total. The van der Waals surface area contributed by atoms with Crippen LogP contribution in [0.5, 0.6) is 0 Å². The molecular weight excluding hydrogens is 290 g/mol. The molecule has 128 valence electrons. The van der Waals surface area contributed by atoms with E-state index in [1.807, 2.05) is 16.5 Å². The van der Waals surface area contributed by atoms with Crippen molar-refractivity contribution in [3.05, 3.63) is 12.2 Å². The highest BCUT2D eigenvalue weighted by Gasteiger charge is 2.34. The van der Waals surface area contributed by atoms with Gasteiger partial charge in [0.25, 0.3) is 0 Å². The third kappa shape index (κ3) is 3.85. The van der Waals surface area contributed by atoms with E-state index in [4.69, 9.17) is 0 Å². The first-order valence-corrected chi connectivity index (χ1v) is 9.12. The van der Waals surface area contributed by atoms with Gasteiger partial charge in [0.05, 0.1) is 6.54 Å². The van der Waals surface area contributed by atoms with E-state index in [9.17, 15) is 4.79 Å². The molecule has 1 aromatic heterocycles. The SMILES string of the molecule is CCn1ncnc1CNC(=O)N1CCCC2(CCCCC2)CC1. The third-order valence-electron chi connectivity index (χ3n) is 5.64. The summed E-state index contributed by atoms with van der Waals surface area (Å²) in [6, 6.07) is 0.0449. The number of carbonyl (C=O) groups is 1. The van der Waals surface area contributed by atoms with Crippen LogP contribution in [0.1, 0.15) is 64.1 Å². The Balaban J connectivity index is 1.52. The first-order valence-electron chi connectivity index (χ1n) is 9.12. The van der Waals surface area contributed by atoms with Crippen LogP contribution in [-0.4, -0.2) is 38.8 Å². The van der Waals surface area contributed by atoms with Crippen molar-refractivity contribution >= 4 is 6.03 Å². The van der Waals surface area contributed by atoms with E-state index in [2.05, 4.69) is 15.4 Å². The maximum absolute atomic E-state index is 12.5. The third-order valence-corrected chi connectivity index (χ3v) is 5.64. The molecule has 23 heavy (non-hydrogen) atoms. The monoisotopic (exact) mass is 319 g/mol. The summed E-state index contributed by atoms with van der Waals surface area (Å²) < 4.78 is 1.82. The minimum absolute atomic E-state index is 0.0449. The minimum Gasteiger partial charge on any atom is -0.331 e. The largest absolute Gasteiger partial charge is 0.331 e. The van der Waals surface area contributed by atoms with Crippen molar-refractivity contribution in [1.29, 1.82) is 0 Å². The predicted octanol–water partition coefficient (Wildman–Crippen LogP) is 2.94. The summed E-state index contributed by atoms with van der Waals surface area (Å²) in [4.78, 5) is 18.7. The highest BCUT2D eigenvalue weighted by Crippen LogP contribution is 2.44. The summed E-state index contributed by atoms with van der Waals surface area (Å²) in [6.45, 7) is 5.03. The number of aryl methyl sites for hydroxylation is 1. The summed E-state index contributed by atoms with van der Waals surface area (Å²) in [5, 5.41) is 7.15. The molecule has 3 rings (SSSR count). The van der Waals surface area contributed by atoms with Crippen LogP contribution in [-0.2, 0) is 13.1 Å². The van der Waals surface area contributed by atoms with Crippen molar-refractivity contribution in [2.45, 2.75) is 71.4 Å². The van der Waals surface area contributed by atoms with E-state index in [0.717, 1.165) is 31.9 Å². The molecule has 0 bridgehead atoms. The molecule has 2 aliphatic rings. The van der Waals surface area contributed by atoms with E-state index < -0.39 is 0 Å². The van der Waals surface area contributed by atoms with E-state index in [-0.39, 0.29) is 6.03 Å². The Morgan fingerprint density at radius 3 is 2.74 bits per heavy atom. The summed E-state index contributed by atoms with van der Waals surface area (Å²) in [5.74, 6) is 0.819. The summed E-state index contributed by atoms with van der Waals surface area (Å²) in [5.41, 5.74) is 0.523. The number of nitrogens with zero attached hydrogens (tertiary/aromatic N) is 4. The molecule has 0 aromatic carbocycles. The molecule has 1 saturated carbocycles. The Morgan fingerprint density at radius 2 is 1.96 bits per heavy atom. The Kier molecular flexibility index (Phi) is 5.18. The van der Waals surface area contributed by atoms with E-state index in [0.29, 0.717) is 12.0 Å². The number of rotatable bonds is 3. The fraction of sp³-hybridized carbons (Fsp3) is 0.824. The smallest absolute Gasteiger partial charge is 0.317 e. The summed E-state index contributed by atoms with van der Waals surface area (Å²) >= 11 is 0. The van der Waals surface area contributed by atoms with Gasteiger partial charge >= 0.3 is 6.03 Å². The lowest BCUT2D eigenvalue weighted by Crippen LogP contribution is -2.41. The molecule has 2 fully saturated rings. The van der Waals surface area contributed by atoms with Crippen LogP contribution in [0.25, 0.3) is 0 Å². The zero-order valence-electron chi connectivity index (χ0n) is 14.3. The quantitative estimate of drug-likeness (QED) is 0.931. The van der Waals surface area contributed by atoms with Gasteiger partial charge in [0, 0.05) is 19.6 Å². The Morgan fingerprint density at radius 1 is 1.17 bits per heavy atom. The molecule has 1 aliphatic carbocycles. The van der Waals surface area contributed by atoms with Gasteiger partial charge in [-0.1, -0.05) is 19.3 Å². The van der Waals surface area contributed by atoms with Gasteiger partial charge in [-0.15, -0.1) is 0 Å². The number of amides is 2. The lowest BCUT2D eigenvalue weighted by Gasteiger charge is -2.36. The van der Waals surface area contributed by atoms with Gasteiger partial charge in [0.15, 0.2) is 0 Å². The topological polar surface area (TPSA) is 63.1 Å². The van der Waals surface area contributed by atoms with E-state index >= 15 is 0 Å². The van der Waals surface area contributed by atoms with Gasteiger partial charge in [-0.05, 0) is 44.4 Å². The first kappa shape index (κ1) is 16.3. The fourth-order valence-corrected chi connectivity index (χ4v) is 4.21. The van der Waals surface area contributed by atoms with Crippen molar-refractivity contribution in [1.82, 2.24) is 25.0 Å². The molecular formula is C17H29N5O. The molecule has 0 unspecified atom stereocenters. The molecule has 6 heteroatoms. The number of hydrogen-bond acceptors (Lipinski definition) is 3. The number of hydrogen-bond donors (Lipinski definition) is 1. The average Bonchev–Trinajstić information content (AvgIpc) is 2.95. The molecule has 2 amide bonds. The fourth-order valence-electron chi connectivity index (χ4n) is 4.21. The van der Waals surface area contributed by atoms with Crippen LogP contribution < -0.4 is 5.32 Å². The second-order valence-corrected chi connectivity index (χ2v) is 7.05. The lowest BCUT2D eigenvalue weighted by molar-refractivity contribution is 0.157. The van der Waals surface area contributed by atoms with Gasteiger partial charge in [0.1, 0.15) is 12.2 Å². The van der Waals surface area contributed by atoms with Crippen molar-refractivity contribution in [3.8, 4) is 0 Å². The zero-order valence-corrected chi connectivity index (χ0v) is 14.3. The van der Waals surface area contributed by atoms with Crippen LogP contribution in [0, 0.1) is 5.41 Å². The second kappa shape index (κ2) is 7.32. The summed E-state index contributed by atoms with van der Waals surface area (Å²) in [7, 11) is 0. The zero-order chi connectivity index (χ0) is 16.1. The van der Waals surface area contributed by atoms with Crippen molar-refractivity contribution in [2.75, 3.05) is 13.1 Å². The number of aromatic nitrogens is 3. The Hall–Kier alpha value is -1.59. The number of urea groups is 1. The van der Waals surface area contributed by atoms with Crippen LogP contribution in [0.2, 0.25) is 0 Å². The highest BCUT2D eigenvalue weighted by atomic mass is 16.2. The van der Waals surface area contributed by atoms with Gasteiger partial charge in [-0.25, -0.2) is 14.5 Å². The Bertz CT molecular complexity index is 521. The molecule has 0 radical (unpaired) electrons. The standard InChI is InChI=1S/C17H29N5O/c1-2-22-15(19-14-20-22)13-18-16(23)21-11-6-9-17(10-12-21)7-4-3-5-8-17/h14H,2-13H2,1H3,(H,18,23).